The molecule has 2 nitrogen and oxygen atoms in total. The van der Waals surface area contributed by atoms with E-state index in [0.29, 0.717) is 18.4 Å². The van der Waals surface area contributed by atoms with Crippen LogP contribution in [0.4, 0.5) is 4.39 Å². The van der Waals surface area contributed by atoms with Crippen molar-refractivity contribution >= 4 is 0 Å². The molecule has 0 spiro atoms. The Morgan fingerprint density at radius 2 is 2.31 bits per heavy atom. The highest BCUT2D eigenvalue weighted by molar-refractivity contribution is 5.41. The van der Waals surface area contributed by atoms with Crippen LogP contribution >= 0.6 is 0 Å². The van der Waals surface area contributed by atoms with Gasteiger partial charge in [-0.3, -0.25) is 0 Å². The van der Waals surface area contributed by atoms with Crippen LogP contribution in [0.1, 0.15) is 17.5 Å². The van der Waals surface area contributed by atoms with E-state index in [1.54, 1.807) is 0 Å². The van der Waals surface area contributed by atoms with Gasteiger partial charge in [-0.25, -0.2) is 4.39 Å². The third-order valence-electron chi connectivity index (χ3n) is 2.45. The van der Waals surface area contributed by atoms with Crippen LogP contribution < -0.4 is 0 Å². The normalized spacial score (nSPS) is 25.3. The molecule has 0 aliphatic heterocycles. The van der Waals surface area contributed by atoms with Gasteiger partial charge in [-0.15, -0.1) is 0 Å². The summed E-state index contributed by atoms with van der Waals surface area (Å²) in [5.41, 5.74) is -0.108. The number of hydrogen-bond acceptors (Lipinski definition) is 2. The smallest absolute Gasteiger partial charge is 0.177 e. The molecular formula is C10H8FNO. The Morgan fingerprint density at radius 3 is 3.00 bits per heavy atom. The predicted molar refractivity (Wildman–Crippen MR) is 44.2 cm³/mol. The molecule has 1 aliphatic rings. The van der Waals surface area contributed by atoms with Gasteiger partial charge in [0, 0.05) is 5.56 Å². The molecular weight excluding hydrogens is 169 g/mol. The van der Waals surface area contributed by atoms with Crippen LogP contribution in [0.5, 0.6) is 0 Å². The van der Waals surface area contributed by atoms with Crippen molar-refractivity contribution in [3.8, 4) is 6.07 Å². The molecule has 2 rings (SSSR count). The molecule has 1 aromatic carbocycles. The lowest BCUT2D eigenvalue weighted by Crippen LogP contribution is -2.18. The summed E-state index contributed by atoms with van der Waals surface area (Å²) in [6, 6.07) is 5.99. The number of halogens is 1. The van der Waals surface area contributed by atoms with E-state index >= 15 is 0 Å². The van der Waals surface area contributed by atoms with Gasteiger partial charge < -0.3 is 5.11 Å². The molecule has 1 unspecified atom stereocenters. The van der Waals surface area contributed by atoms with Gasteiger partial charge in [-0.05, 0) is 30.5 Å². The topological polar surface area (TPSA) is 44.0 Å². The summed E-state index contributed by atoms with van der Waals surface area (Å²) in [4.78, 5) is 0. The van der Waals surface area contributed by atoms with E-state index in [0.717, 1.165) is 5.56 Å². The molecule has 0 saturated carbocycles. The number of aliphatic hydroxyl groups is 1. The maximum atomic E-state index is 12.8. The maximum Gasteiger partial charge on any atom is 0.177 e. The van der Waals surface area contributed by atoms with Crippen LogP contribution in [-0.4, -0.2) is 5.11 Å². The summed E-state index contributed by atoms with van der Waals surface area (Å²) in [6.07, 6.45) is 0.930. The SMILES string of the molecule is N#CC1(O)CCc2cc(F)ccc21. The first-order chi connectivity index (χ1) is 6.15. The van der Waals surface area contributed by atoms with E-state index < -0.39 is 5.60 Å². The molecule has 0 fully saturated rings. The Bertz CT molecular complexity index is 396. The second-order valence-corrected chi connectivity index (χ2v) is 3.27. The second kappa shape index (κ2) is 2.54. The summed E-state index contributed by atoms with van der Waals surface area (Å²) >= 11 is 0. The van der Waals surface area contributed by atoms with Crippen molar-refractivity contribution in [3.63, 3.8) is 0 Å². The number of fused-ring (bicyclic) bond motifs is 1. The quantitative estimate of drug-likeness (QED) is 0.610. The van der Waals surface area contributed by atoms with Crippen LogP contribution in [-0.2, 0) is 12.0 Å². The van der Waals surface area contributed by atoms with E-state index in [-0.39, 0.29) is 5.82 Å². The highest BCUT2D eigenvalue weighted by atomic mass is 19.1. The minimum absolute atomic E-state index is 0.319. The van der Waals surface area contributed by atoms with Crippen LogP contribution in [0.3, 0.4) is 0 Å². The number of aryl methyl sites for hydroxylation is 1. The molecule has 66 valence electrons. The summed E-state index contributed by atoms with van der Waals surface area (Å²) < 4.78 is 12.8. The molecule has 0 amide bonds. The molecule has 1 aliphatic carbocycles. The molecule has 0 heterocycles. The third-order valence-corrected chi connectivity index (χ3v) is 2.45. The average molecular weight is 177 g/mol. The van der Waals surface area contributed by atoms with Crippen molar-refractivity contribution in [2.75, 3.05) is 0 Å². The number of benzene rings is 1. The minimum atomic E-state index is -1.40. The average Bonchev–Trinajstić information content (AvgIpc) is 2.45. The van der Waals surface area contributed by atoms with Crippen molar-refractivity contribution < 1.29 is 9.50 Å². The Balaban J connectivity index is 2.57. The Morgan fingerprint density at radius 1 is 1.54 bits per heavy atom. The van der Waals surface area contributed by atoms with Crippen LogP contribution in [0.25, 0.3) is 0 Å². The summed E-state index contributed by atoms with van der Waals surface area (Å²) in [7, 11) is 0. The molecule has 1 aromatic rings. The Kier molecular flexibility index (Phi) is 1.61. The standard InChI is InChI=1S/C10H8FNO/c11-8-1-2-9-7(5-8)3-4-10(9,13)6-12/h1-2,5,13H,3-4H2. The Hall–Kier alpha value is -1.40. The lowest BCUT2D eigenvalue weighted by Gasteiger charge is -2.13. The molecule has 1 N–H and O–H groups in total. The molecule has 0 bridgehead atoms. The highest BCUT2D eigenvalue weighted by Crippen LogP contribution is 2.36. The fourth-order valence-corrected chi connectivity index (χ4v) is 1.74. The number of nitriles is 1. The van der Waals surface area contributed by atoms with Gasteiger partial charge in [0.25, 0.3) is 0 Å². The number of nitrogens with zero attached hydrogens (tertiary/aromatic N) is 1. The van der Waals surface area contributed by atoms with E-state index in [4.69, 9.17) is 5.26 Å². The van der Waals surface area contributed by atoms with Gasteiger partial charge >= 0.3 is 0 Å². The van der Waals surface area contributed by atoms with Crippen molar-refractivity contribution in [1.29, 1.82) is 5.26 Å². The van der Waals surface area contributed by atoms with E-state index in [1.807, 2.05) is 6.07 Å². The van der Waals surface area contributed by atoms with Gasteiger partial charge in [0.15, 0.2) is 5.60 Å². The fraction of sp³-hybridized carbons (Fsp3) is 0.300. The lowest BCUT2D eigenvalue weighted by atomic mass is 9.98. The number of hydrogen-bond donors (Lipinski definition) is 1. The first kappa shape index (κ1) is 8.21. The first-order valence-electron chi connectivity index (χ1n) is 4.08. The monoisotopic (exact) mass is 177 g/mol. The molecule has 1 atom stereocenters. The zero-order valence-electron chi connectivity index (χ0n) is 6.92. The van der Waals surface area contributed by atoms with E-state index in [1.165, 1.54) is 18.2 Å². The van der Waals surface area contributed by atoms with E-state index in [9.17, 15) is 9.50 Å². The van der Waals surface area contributed by atoms with Gasteiger partial charge in [-0.1, -0.05) is 6.07 Å². The third kappa shape index (κ3) is 1.11. The summed E-state index contributed by atoms with van der Waals surface area (Å²) in [6.45, 7) is 0. The van der Waals surface area contributed by atoms with Crippen molar-refractivity contribution in [1.82, 2.24) is 0 Å². The summed E-state index contributed by atoms with van der Waals surface area (Å²) in [5, 5.41) is 18.5. The molecule has 0 aromatic heterocycles. The second-order valence-electron chi connectivity index (χ2n) is 3.27. The fourth-order valence-electron chi connectivity index (χ4n) is 1.74. The van der Waals surface area contributed by atoms with Crippen LogP contribution in [0.2, 0.25) is 0 Å². The van der Waals surface area contributed by atoms with Crippen LogP contribution in [0.15, 0.2) is 18.2 Å². The van der Waals surface area contributed by atoms with Crippen molar-refractivity contribution in [2.24, 2.45) is 0 Å². The minimum Gasteiger partial charge on any atom is -0.371 e. The lowest BCUT2D eigenvalue weighted by molar-refractivity contribution is 0.1000. The van der Waals surface area contributed by atoms with Gasteiger partial charge in [0.2, 0.25) is 0 Å². The number of rotatable bonds is 0. The van der Waals surface area contributed by atoms with Gasteiger partial charge in [0.1, 0.15) is 11.9 Å². The Labute approximate surface area is 75.2 Å². The largest absolute Gasteiger partial charge is 0.371 e. The van der Waals surface area contributed by atoms with Crippen LogP contribution in [0, 0.1) is 17.1 Å². The molecule has 13 heavy (non-hydrogen) atoms. The van der Waals surface area contributed by atoms with Gasteiger partial charge in [0.05, 0.1) is 0 Å². The zero-order chi connectivity index (χ0) is 9.47. The highest BCUT2D eigenvalue weighted by Gasteiger charge is 2.36. The molecule has 3 heteroatoms. The zero-order valence-corrected chi connectivity index (χ0v) is 6.92. The summed E-state index contributed by atoms with van der Waals surface area (Å²) in [5.74, 6) is -0.319. The maximum absolute atomic E-state index is 12.8. The molecule has 0 radical (unpaired) electrons. The van der Waals surface area contributed by atoms with Crippen molar-refractivity contribution in [2.45, 2.75) is 18.4 Å². The first-order valence-corrected chi connectivity index (χ1v) is 4.08. The van der Waals surface area contributed by atoms with E-state index in [2.05, 4.69) is 0 Å². The van der Waals surface area contributed by atoms with Crippen molar-refractivity contribution in [3.05, 3.63) is 35.1 Å². The predicted octanol–water partition coefficient (Wildman–Crippen LogP) is 1.48. The van der Waals surface area contributed by atoms with Gasteiger partial charge in [-0.2, -0.15) is 5.26 Å². The molecule has 0 saturated heterocycles.